The zero-order valence-electron chi connectivity index (χ0n) is 14.1. The summed E-state index contributed by atoms with van der Waals surface area (Å²) in [6.45, 7) is 2.63. The topological polar surface area (TPSA) is 63.4 Å². The van der Waals surface area contributed by atoms with Gasteiger partial charge in [0.25, 0.3) is 0 Å². The Labute approximate surface area is 152 Å². The summed E-state index contributed by atoms with van der Waals surface area (Å²) in [4.78, 5) is 25.2. The van der Waals surface area contributed by atoms with Crippen molar-refractivity contribution < 1.29 is 9.59 Å². The number of nitrogens with zero attached hydrogens (tertiary/aromatic N) is 1. The van der Waals surface area contributed by atoms with Gasteiger partial charge in [0.2, 0.25) is 11.8 Å². The third kappa shape index (κ3) is 6.08. The average molecular weight is 357 g/mol. The molecule has 2 aromatic carbocycles. The maximum absolute atomic E-state index is 12.5. The molecule has 130 valence electrons. The molecule has 0 bridgehead atoms. The Morgan fingerprint density at radius 2 is 1.88 bits per heavy atom. The van der Waals surface area contributed by atoms with Gasteiger partial charge < -0.3 is 10.6 Å². The summed E-state index contributed by atoms with van der Waals surface area (Å²) in [6.07, 6.45) is 3.34. The van der Waals surface area contributed by atoms with Crippen molar-refractivity contribution in [1.29, 1.82) is 0 Å². The maximum atomic E-state index is 12.5. The van der Waals surface area contributed by atoms with Gasteiger partial charge in [0.05, 0.1) is 0 Å². The fraction of sp³-hybridized carbons (Fsp3) is 0.200. The molecular formula is C20H21ClN2O2. The van der Waals surface area contributed by atoms with Crippen LogP contribution in [0.4, 0.5) is 0 Å². The van der Waals surface area contributed by atoms with Gasteiger partial charge in [0.15, 0.2) is 0 Å². The molecule has 0 radical (unpaired) electrons. The van der Waals surface area contributed by atoms with Gasteiger partial charge in [-0.1, -0.05) is 54.1 Å². The van der Waals surface area contributed by atoms with Gasteiger partial charge in [-0.3, -0.25) is 9.59 Å². The zero-order valence-corrected chi connectivity index (χ0v) is 14.9. The van der Waals surface area contributed by atoms with E-state index in [9.17, 15) is 9.59 Å². The molecule has 0 fully saturated rings. The van der Waals surface area contributed by atoms with E-state index in [0.717, 1.165) is 16.7 Å². The van der Waals surface area contributed by atoms with Crippen LogP contribution in [0.2, 0.25) is 5.02 Å². The molecule has 5 heteroatoms. The Morgan fingerprint density at radius 3 is 2.52 bits per heavy atom. The fourth-order valence-corrected chi connectivity index (χ4v) is 2.49. The first-order chi connectivity index (χ1) is 12.0. The first-order valence-corrected chi connectivity index (χ1v) is 8.39. The predicted octanol–water partition coefficient (Wildman–Crippen LogP) is 3.57. The highest BCUT2D eigenvalue weighted by Crippen LogP contribution is 2.17. The predicted molar refractivity (Wildman–Crippen MR) is 101 cm³/mol. The monoisotopic (exact) mass is 356 g/mol. The lowest BCUT2D eigenvalue weighted by Crippen LogP contribution is -2.32. The zero-order chi connectivity index (χ0) is 18.2. The van der Waals surface area contributed by atoms with Crippen LogP contribution in [0.15, 0.2) is 54.6 Å². The SMILES string of the molecule is Cc1ccc(/C=C/C(=O)N(CCC(N)=O)Cc2ccccc2)cc1Cl. The lowest BCUT2D eigenvalue weighted by atomic mass is 10.1. The number of amides is 2. The van der Waals surface area contributed by atoms with E-state index in [4.69, 9.17) is 17.3 Å². The molecule has 2 amide bonds. The van der Waals surface area contributed by atoms with Crippen molar-refractivity contribution in [2.75, 3.05) is 6.54 Å². The number of carbonyl (C=O) groups excluding carboxylic acids is 2. The van der Waals surface area contributed by atoms with Crippen molar-refractivity contribution in [3.63, 3.8) is 0 Å². The molecule has 2 rings (SSSR count). The number of nitrogens with two attached hydrogens (primary N) is 1. The largest absolute Gasteiger partial charge is 0.370 e. The minimum Gasteiger partial charge on any atom is -0.370 e. The van der Waals surface area contributed by atoms with Crippen molar-refractivity contribution >= 4 is 29.5 Å². The second-order valence-electron chi connectivity index (χ2n) is 5.80. The van der Waals surface area contributed by atoms with Crippen LogP contribution in [-0.2, 0) is 16.1 Å². The molecule has 0 aliphatic carbocycles. The number of hydrogen-bond donors (Lipinski definition) is 1. The lowest BCUT2D eigenvalue weighted by molar-refractivity contribution is -0.127. The highest BCUT2D eigenvalue weighted by molar-refractivity contribution is 6.31. The summed E-state index contributed by atoms with van der Waals surface area (Å²) in [5, 5.41) is 0.657. The molecule has 2 aromatic rings. The standard InChI is InChI=1S/C20H21ClN2O2/c1-15-7-8-16(13-18(15)21)9-10-20(25)23(12-11-19(22)24)14-17-5-3-2-4-6-17/h2-10,13H,11-12,14H2,1H3,(H2,22,24)/b10-9+. The smallest absolute Gasteiger partial charge is 0.246 e. The number of aryl methyl sites for hydroxylation is 1. The number of carbonyl (C=O) groups is 2. The van der Waals surface area contributed by atoms with Crippen LogP contribution in [0.3, 0.4) is 0 Å². The Kier molecular flexibility index (Phi) is 6.78. The van der Waals surface area contributed by atoms with Crippen LogP contribution in [0, 0.1) is 6.92 Å². The third-order valence-electron chi connectivity index (χ3n) is 3.77. The number of hydrogen-bond acceptors (Lipinski definition) is 2. The minimum atomic E-state index is -0.430. The molecule has 0 saturated heterocycles. The summed E-state index contributed by atoms with van der Waals surface area (Å²) in [5.74, 6) is -0.609. The van der Waals surface area contributed by atoms with Crippen molar-refractivity contribution in [1.82, 2.24) is 4.90 Å². The lowest BCUT2D eigenvalue weighted by Gasteiger charge is -2.20. The molecule has 0 unspecified atom stereocenters. The molecule has 0 saturated carbocycles. The van der Waals surface area contributed by atoms with Crippen LogP contribution in [0.1, 0.15) is 23.1 Å². The van der Waals surface area contributed by atoms with Gasteiger partial charge in [-0.05, 0) is 35.8 Å². The second kappa shape index (κ2) is 9.04. The summed E-state index contributed by atoms with van der Waals surface area (Å²) in [5.41, 5.74) is 8.04. The Hall–Kier alpha value is -2.59. The van der Waals surface area contributed by atoms with Crippen LogP contribution < -0.4 is 5.73 Å². The van der Waals surface area contributed by atoms with Gasteiger partial charge in [-0.2, -0.15) is 0 Å². The van der Waals surface area contributed by atoms with Crippen molar-refractivity contribution in [3.05, 3.63) is 76.3 Å². The van der Waals surface area contributed by atoms with Crippen LogP contribution >= 0.6 is 11.6 Å². The van der Waals surface area contributed by atoms with Crippen LogP contribution in [-0.4, -0.2) is 23.3 Å². The van der Waals surface area contributed by atoms with Gasteiger partial charge in [-0.15, -0.1) is 0 Å². The number of benzene rings is 2. The molecule has 0 spiro atoms. The van der Waals surface area contributed by atoms with E-state index < -0.39 is 5.91 Å². The number of halogens is 1. The van der Waals surface area contributed by atoms with E-state index in [1.54, 1.807) is 11.0 Å². The highest BCUT2D eigenvalue weighted by Gasteiger charge is 2.12. The van der Waals surface area contributed by atoms with E-state index in [2.05, 4.69) is 0 Å². The van der Waals surface area contributed by atoms with E-state index >= 15 is 0 Å². The average Bonchev–Trinajstić information content (AvgIpc) is 2.60. The first kappa shape index (κ1) is 18.7. The van der Waals surface area contributed by atoms with Crippen molar-refractivity contribution in [2.45, 2.75) is 19.9 Å². The molecule has 2 N–H and O–H groups in total. The van der Waals surface area contributed by atoms with Gasteiger partial charge in [-0.25, -0.2) is 0 Å². The summed E-state index contributed by atoms with van der Waals surface area (Å²) in [6, 6.07) is 15.2. The number of rotatable bonds is 7. The molecular weight excluding hydrogens is 336 g/mol. The number of primary amides is 1. The molecule has 0 aliphatic heterocycles. The molecule has 25 heavy (non-hydrogen) atoms. The van der Waals surface area contributed by atoms with Crippen molar-refractivity contribution in [3.8, 4) is 0 Å². The summed E-state index contributed by atoms with van der Waals surface area (Å²) in [7, 11) is 0. The quantitative estimate of drug-likeness (QED) is 0.771. The maximum Gasteiger partial charge on any atom is 0.246 e. The van der Waals surface area contributed by atoms with E-state index in [-0.39, 0.29) is 18.9 Å². The molecule has 0 aliphatic rings. The van der Waals surface area contributed by atoms with Crippen molar-refractivity contribution in [2.24, 2.45) is 5.73 Å². The Morgan fingerprint density at radius 1 is 1.16 bits per heavy atom. The fourth-order valence-electron chi connectivity index (χ4n) is 2.30. The van der Waals surface area contributed by atoms with Crippen LogP contribution in [0.25, 0.3) is 6.08 Å². The summed E-state index contributed by atoms with van der Waals surface area (Å²) >= 11 is 6.10. The van der Waals surface area contributed by atoms with E-state index in [1.807, 2.05) is 55.5 Å². The van der Waals surface area contributed by atoms with E-state index in [0.29, 0.717) is 11.6 Å². The Bertz CT molecular complexity index is 773. The Balaban J connectivity index is 2.11. The van der Waals surface area contributed by atoms with Crippen LogP contribution in [0.5, 0.6) is 0 Å². The molecule has 0 atom stereocenters. The van der Waals surface area contributed by atoms with Gasteiger partial charge >= 0.3 is 0 Å². The molecule has 0 aromatic heterocycles. The highest BCUT2D eigenvalue weighted by atomic mass is 35.5. The van der Waals surface area contributed by atoms with Gasteiger partial charge in [0.1, 0.15) is 0 Å². The second-order valence-corrected chi connectivity index (χ2v) is 6.21. The summed E-state index contributed by atoms with van der Waals surface area (Å²) < 4.78 is 0. The third-order valence-corrected chi connectivity index (χ3v) is 4.18. The molecule has 4 nitrogen and oxygen atoms in total. The van der Waals surface area contributed by atoms with E-state index in [1.165, 1.54) is 6.08 Å². The first-order valence-electron chi connectivity index (χ1n) is 8.01. The minimum absolute atomic E-state index is 0.128. The van der Waals surface area contributed by atoms with Gasteiger partial charge in [0, 0.05) is 30.6 Å². The normalized spacial score (nSPS) is 10.8. The molecule has 0 heterocycles.